The van der Waals surface area contributed by atoms with Gasteiger partial charge in [0.25, 0.3) is 0 Å². The van der Waals surface area contributed by atoms with Gasteiger partial charge in [-0.2, -0.15) is 4.98 Å². The molecule has 5 nitrogen and oxygen atoms in total. The smallest absolute Gasteiger partial charge is 0.340 e. The van der Waals surface area contributed by atoms with E-state index in [1.54, 1.807) is 0 Å². The predicted molar refractivity (Wildman–Crippen MR) is 43.2 cm³/mol. The number of aromatic carboxylic acids is 1. The summed E-state index contributed by atoms with van der Waals surface area (Å²) >= 11 is 2.98. The van der Waals surface area contributed by atoms with Crippen LogP contribution in [0.3, 0.4) is 0 Å². The van der Waals surface area contributed by atoms with E-state index in [1.165, 1.54) is 13.3 Å². The fourth-order valence-corrected chi connectivity index (χ4v) is 1.01. The number of methoxy groups -OCH3 is 1. The third-order valence-corrected chi connectivity index (χ3v) is 1.74. The summed E-state index contributed by atoms with van der Waals surface area (Å²) in [6, 6.07) is 0.131. The maximum atomic E-state index is 10.5. The van der Waals surface area contributed by atoms with E-state index in [-0.39, 0.29) is 16.2 Å². The topological polar surface area (TPSA) is 72.3 Å². The minimum Gasteiger partial charge on any atom is -0.478 e. The lowest BCUT2D eigenvalue weighted by atomic mass is 10.4. The molecule has 1 N–H and O–H groups in total. The third-order valence-electron chi connectivity index (χ3n) is 1.13. The number of ether oxygens (including phenoxy) is 1. The van der Waals surface area contributed by atoms with Gasteiger partial charge in [-0.05, 0) is 15.9 Å². The normalized spacial score (nSPS) is 9.50. The quantitative estimate of drug-likeness (QED) is 0.769. The molecule has 0 atom stereocenters. The highest BCUT2D eigenvalue weighted by Gasteiger charge is 2.10. The van der Waals surface area contributed by atoms with Gasteiger partial charge in [0.2, 0.25) is 0 Å². The molecule has 1 aromatic heterocycles. The largest absolute Gasteiger partial charge is 0.478 e. The van der Waals surface area contributed by atoms with Gasteiger partial charge in [0, 0.05) is 6.20 Å². The third kappa shape index (κ3) is 1.70. The SMILES string of the molecule is COc1ncc(C(=O)O)c(Br)n1. The number of carbonyl (C=O) groups is 1. The summed E-state index contributed by atoms with van der Waals surface area (Å²) in [5.74, 6) is -1.08. The number of halogens is 1. The second-order valence-electron chi connectivity index (χ2n) is 1.87. The zero-order valence-corrected chi connectivity index (χ0v) is 7.70. The molecule has 0 bridgehead atoms. The first-order chi connectivity index (χ1) is 5.65. The molecule has 1 aromatic rings. The molecule has 12 heavy (non-hydrogen) atoms. The summed E-state index contributed by atoms with van der Waals surface area (Å²) in [7, 11) is 1.40. The Bertz CT molecular complexity index is 316. The van der Waals surface area contributed by atoms with Crippen molar-refractivity contribution in [1.29, 1.82) is 0 Å². The summed E-state index contributed by atoms with van der Waals surface area (Å²) in [4.78, 5) is 17.8. The van der Waals surface area contributed by atoms with Crippen LogP contribution >= 0.6 is 15.9 Å². The number of carboxylic acid groups (broad SMARTS) is 1. The molecule has 0 amide bonds. The molecule has 0 aliphatic heterocycles. The molecule has 64 valence electrons. The maximum absolute atomic E-state index is 10.5. The summed E-state index contributed by atoms with van der Waals surface area (Å²) in [5, 5.41) is 8.58. The molecule has 1 rings (SSSR count). The number of hydrogen-bond donors (Lipinski definition) is 1. The summed E-state index contributed by atoms with van der Waals surface area (Å²) < 4.78 is 4.89. The van der Waals surface area contributed by atoms with Gasteiger partial charge in [0.15, 0.2) is 0 Å². The molecule has 0 fully saturated rings. The Morgan fingerprint density at radius 1 is 1.75 bits per heavy atom. The van der Waals surface area contributed by atoms with Gasteiger partial charge < -0.3 is 9.84 Å². The molecule has 0 saturated heterocycles. The number of hydrogen-bond acceptors (Lipinski definition) is 4. The Balaban J connectivity index is 3.12. The van der Waals surface area contributed by atoms with Crippen molar-refractivity contribution in [2.45, 2.75) is 0 Å². The van der Waals surface area contributed by atoms with Crippen LogP contribution in [-0.2, 0) is 0 Å². The van der Waals surface area contributed by atoms with Crippen molar-refractivity contribution < 1.29 is 14.6 Å². The zero-order chi connectivity index (χ0) is 9.14. The van der Waals surface area contributed by atoms with Crippen molar-refractivity contribution in [3.05, 3.63) is 16.4 Å². The summed E-state index contributed by atoms with van der Waals surface area (Å²) in [6.07, 6.45) is 1.18. The molecular formula is C6H5BrN2O3. The van der Waals surface area contributed by atoms with Crippen LogP contribution in [0, 0.1) is 0 Å². The van der Waals surface area contributed by atoms with E-state index in [0.29, 0.717) is 0 Å². The fraction of sp³-hybridized carbons (Fsp3) is 0.167. The van der Waals surface area contributed by atoms with Crippen LogP contribution in [0.1, 0.15) is 10.4 Å². The van der Waals surface area contributed by atoms with Crippen molar-refractivity contribution in [3.63, 3.8) is 0 Å². The zero-order valence-electron chi connectivity index (χ0n) is 6.11. The van der Waals surface area contributed by atoms with E-state index >= 15 is 0 Å². The van der Waals surface area contributed by atoms with Gasteiger partial charge in [0.1, 0.15) is 10.2 Å². The Morgan fingerprint density at radius 3 is 2.83 bits per heavy atom. The second-order valence-corrected chi connectivity index (χ2v) is 2.62. The average molecular weight is 233 g/mol. The lowest BCUT2D eigenvalue weighted by molar-refractivity contribution is 0.0694. The van der Waals surface area contributed by atoms with Crippen molar-refractivity contribution in [1.82, 2.24) is 9.97 Å². The fourth-order valence-electron chi connectivity index (χ4n) is 0.588. The minimum atomic E-state index is -1.08. The second kappa shape index (κ2) is 3.48. The van der Waals surface area contributed by atoms with Gasteiger partial charge in [-0.3, -0.25) is 0 Å². The minimum absolute atomic E-state index is 0.0100. The van der Waals surface area contributed by atoms with Crippen molar-refractivity contribution in [2.24, 2.45) is 0 Å². The summed E-state index contributed by atoms with van der Waals surface area (Å²) in [6.45, 7) is 0. The Hall–Kier alpha value is -1.17. The standard InChI is InChI=1S/C6H5BrN2O3/c1-12-6-8-2-3(5(10)11)4(7)9-6/h2H,1H3,(H,10,11). The van der Waals surface area contributed by atoms with Crippen LogP contribution in [-0.4, -0.2) is 28.2 Å². The molecule has 6 heteroatoms. The van der Waals surface area contributed by atoms with Crippen LogP contribution in [0.5, 0.6) is 6.01 Å². The molecular weight excluding hydrogens is 228 g/mol. The number of carboxylic acids is 1. The van der Waals surface area contributed by atoms with Crippen LogP contribution in [0.15, 0.2) is 10.8 Å². The molecule has 1 heterocycles. The highest BCUT2D eigenvalue weighted by molar-refractivity contribution is 9.10. The van der Waals surface area contributed by atoms with Crippen LogP contribution in [0.4, 0.5) is 0 Å². The Labute approximate surface area is 76.5 Å². The monoisotopic (exact) mass is 232 g/mol. The number of aromatic nitrogens is 2. The first-order valence-corrected chi connectivity index (χ1v) is 3.74. The van der Waals surface area contributed by atoms with Gasteiger partial charge in [-0.1, -0.05) is 0 Å². The lowest BCUT2D eigenvalue weighted by Crippen LogP contribution is -2.02. The van der Waals surface area contributed by atoms with Gasteiger partial charge in [-0.25, -0.2) is 9.78 Å². The van der Waals surface area contributed by atoms with Gasteiger partial charge in [-0.15, -0.1) is 0 Å². The molecule has 0 aliphatic carbocycles. The molecule has 0 spiro atoms. The number of nitrogens with zero attached hydrogens (tertiary/aromatic N) is 2. The molecule has 0 aliphatic rings. The van der Waals surface area contributed by atoms with Crippen LogP contribution in [0.2, 0.25) is 0 Å². The van der Waals surface area contributed by atoms with E-state index in [0.717, 1.165) is 0 Å². The van der Waals surface area contributed by atoms with E-state index < -0.39 is 5.97 Å². The molecule has 0 saturated carbocycles. The highest BCUT2D eigenvalue weighted by Crippen LogP contribution is 2.15. The number of rotatable bonds is 2. The average Bonchev–Trinajstić information content (AvgIpc) is 2.03. The summed E-state index contributed by atoms with van der Waals surface area (Å²) in [5.41, 5.74) is 0.0100. The Morgan fingerprint density at radius 2 is 2.42 bits per heavy atom. The first-order valence-electron chi connectivity index (χ1n) is 2.95. The van der Waals surface area contributed by atoms with Crippen molar-refractivity contribution in [3.8, 4) is 6.01 Å². The van der Waals surface area contributed by atoms with E-state index in [9.17, 15) is 4.79 Å². The van der Waals surface area contributed by atoms with Crippen molar-refractivity contribution >= 4 is 21.9 Å². The Kier molecular flexibility index (Phi) is 2.59. The maximum Gasteiger partial charge on any atom is 0.340 e. The lowest BCUT2D eigenvalue weighted by Gasteiger charge is -1.99. The van der Waals surface area contributed by atoms with E-state index in [4.69, 9.17) is 5.11 Å². The molecule has 0 radical (unpaired) electrons. The van der Waals surface area contributed by atoms with E-state index in [2.05, 4.69) is 30.6 Å². The van der Waals surface area contributed by atoms with Crippen LogP contribution < -0.4 is 4.74 Å². The first kappa shape index (κ1) is 8.92. The van der Waals surface area contributed by atoms with Gasteiger partial charge >= 0.3 is 12.0 Å². The molecule has 0 unspecified atom stereocenters. The molecule has 0 aromatic carbocycles. The van der Waals surface area contributed by atoms with Crippen LogP contribution in [0.25, 0.3) is 0 Å². The highest BCUT2D eigenvalue weighted by atomic mass is 79.9. The van der Waals surface area contributed by atoms with Gasteiger partial charge in [0.05, 0.1) is 7.11 Å². The van der Waals surface area contributed by atoms with Crippen molar-refractivity contribution in [2.75, 3.05) is 7.11 Å². The van der Waals surface area contributed by atoms with E-state index in [1.807, 2.05) is 0 Å². The predicted octanol–water partition coefficient (Wildman–Crippen LogP) is 0.946.